The van der Waals surface area contributed by atoms with Gasteiger partial charge in [-0.05, 0) is 46.3 Å². The van der Waals surface area contributed by atoms with Crippen molar-refractivity contribution in [2.45, 2.75) is 38.4 Å². The van der Waals surface area contributed by atoms with Crippen LogP contribution < -0.4 is 10.6 Å². The molecule has 2 N–H and O–H groups in total. The van der Waals surface area contributed by atoms with Gasteiger partial charge in [0.25, 0.3) is 0 Å². The van der Waals surface area contributed by atoms with Crippen molar-refractivity contribution in [3.63, 3.8) is 0 Å². The van der Waals surface area contributed by atoms with Crippen molar-refractivity contribution in [3.8, 4) is 0 Å². The molecule has 0 spiro atoms. The Morgan fingerprint density at radius 2 is 2.10 bits per heavy atom. The Morgan fingerprint density at radius 3 is 2.67 bits per heavy atom. The third kappa shape index (κ3) is 9.16. The van der Waals surface area contributed by atoms with Gasteiger partial charge in [0.1, 0.15) is 0 Å². The van der Waals surface area contributed by atoms with E-state index in [-0.39, 0.29) is 24.2 Å². The maximum atomic E-state index is 12.1. The zero-order valence-electron chi connectivity index (χ0n) is 12.5. The molecular formula is C13H25ClF3N3O. The van der Waals surface area contributed by atoms with Gasteiger partial charge in [0.15, 0.2) is 0 Å². The van der Waals surface area contributed by atoms with E-state index in [4.69, 9.17) is 0 Å². The minimum absolute atomic E-state index is 0. The van der Waals surface area contributed by atoms with Gasteiger partial charge in [-0.25, -0.2) is 0 Å². The van der Waals surface area contributed by atoms with Crippen molar-refractivity contribution in [2.24, 2.45) is 5.92 Å². The van der Waals surface area contributed by atoms with Gasteiger partial charge in [-0.1, -0.05) is 0 Å². The van der Waals surface area contributed by atoms with E-state index in [1.807, 2.05) is 6.92 Å². The molecule has 1 saturated heterocycles. The molecule has 0 aromatic heterocycles. The first-order valence-electron chi connectivity index (χ1n) is 7.04. The van der Waals surface area contributed by atoms with Gasteiger partial charge in [-0.2, -0.15) is 13.2 Å². The number of nitrogens with one attached hydrogen (secondary N) is 2. The van der Waals surface area contributed by atoms with Crippen molar-refractivity contribution in [1.29, 1.82) is 0 Å². The van der Waals surface area contributed by atoms with E-state index < -0.39 is 12.7 Å². The number of amides is 1. The molecule has 0 radical (unpaired) electrons. The van der Waals surface area contributed by atoms with Gasteiger partial charge in [-0.15, -0.1) is 12.4 Å². The molecule has 0 bridgehead atoms. The molecule has 1 amide bonds. The smallest absolute Gasteiger partial charge is 0.356 e. The zero-order valence-corrected chi connectivity index (χ0v) is 13.3. The van der Waals surface area contributed by atoms with Crippen LogP contribution in [-0.2, 0) is 4.79 Å². The van der Waals surface area contributed by atoms with Crippen LogP contribution >= 0.6 is 12.4 Å². The summed E-state index contributed by atoms with van der Waals surface area (Å²) >= 11 is 0. The van der Waals surface area contributed by atoms with Crippen LogP contribution in [0.4, 0.5) is 13.2 Å². The summed E-state index contributed by atoms with van der Waals surface area (Å²) in [6.45, 7) is 2.73. The fraction of sp³-hybridized carbons (Fsp3) is 0.923. The van der Waals surface area contributed by atoms with Crippen LogP contribution in [0.15, 0.2) is 0 Å². The first-order chi connectivity index (χ1) is 9.28. The number of hydrogen-bond acceptors (Lipinski definition) is 3. The first kappa shape index (κ1) is 20.5. The Morgan fingerprint density at radius 1 is 1.43 bits per heavy atom. The van der Waals surface area contributed by atoms with E-state index in [0.29, 0.717) is 25.6 Å². The molecule has 0 aromatic carbocycles. The Kier molecular flexibility index (Phi) is 9.24. The van der Waals surface area contributed by atoms with Gasteiger partial charge < -0.3 is 10.6 Å². The molecule has 1 heterocycles. The normalized spacial score (nSPS) is 22.8. The number of alkyl halides is 3. The monoisotopic (exact) mass is 331 g/mol. The highest BCUT2D eigenvalue weighted by atomic mass is 35.5. The summed E-state index contributed by atoms with van der Waals surface area (Å²) in [4.78, 5) is 13.1. The average molecular weight is 332 g/mol. The number of carbonyl (C=O) groups is 1. The lowest BCUT2D eigenvalue weighted by Crippen LogP contribution is -2.43. The van der Waals surface area contributed by atoms with Gasteiger partial charge >= 0.3 is 6.18 Å². The van der Waals surface area contributed by atoms with E-state index in [1.54, 1.807) is 0 Å². The molecule has 0 saturated carbocycles. The van der Waals surface area contributed by atoms with E-state index >= 15 is 0 Å². The van der Waals surface area contributed by atoms with Crippen LogP contribution in [0, 0.1) is 5.92 Å². The molecule has 1 rings (SSSR count). The lowest BCUT2D eigenvalue weighted by atomic mass is 9.92. The number of nitrogens with zero attached hydrogens (tertiary/aromatic N) is 1. The van der Waals surface area contributed by atoms with Gasteiger partial charge in [0.05, 0.1) is 6.54 Å². The van der Waals surface area contributed by atoms with Crippen LogP contribution in [-0.4, -0.2) is 56.3 Å². The Labute approximate surface area is 130 Å². The minimum Gasteiger partial charge on any atom is -0.356 e. The number of hydrogen-bond donors (Lipinski definition) is 2. The van der Waals surface area contributed by atoms with Gasteiger partial charge in [0.2, 0.25) is 5.91 Å². The molecular weight excluding hydrogens is 307 g/mol. The maximum absolute atomic E-state index is 12.1. The predicted molar refractivity (Wildman–Crippen MR) is 78.6 cm³/mol. The summed E-state index contributed by atoms with van der Waals surface area (Å²) < 4.78 is 36.3. The SMILES string of the molecule is C[C@H]1C[C@@H](C(=O)NCCCN(C)CC(F)(F)F)CCN1.Cl. The third-order valence-corrected chi connectivity index (χ3v) is 3.46. The number of rotatable bonds is 6. The van der Waals surface area contributed by atoms with Crippen LogP contribution in [0.2, 0.25) is 0 Å². The van der Waals surface area contributed by atoms with E-state index in [1.165, 1.54) is 11.9 Å². The molecule has 2 atom stereocenters. The molecule has 1 aliphatic heterocycles. The summed E-state index contributed by atoms with van der Waals surface area (Å²) in [6, 6.07) is 0.345. The number of carbonyl (C=O) groups excluding carboxylic acids is 1. The number of piperidine rings is 1. The van der Waals surface area contributed by atoms with Crippen molar-refractivity contribution >= 4 is 18.3 Å². The second-order valence-electron chi connectivity index (χ2n) is 5.57. The lowest BCUT2D eigenvalue weighted by molar-refractivity contribution is -0.143. The molecule has 0 aromatic rings. The van der Waals surface area contributed by atoms with E-state index in [9.17, 15) is 18.0 Å². The van der Waals surface area contributed by atoms with Crippen molar-refractivity contribution in [1.82, 2.24) is 15.5 Å². The molecule has 1 aliphatic rings. The Hall–Kier alpha value is -0.530. The van der Waals surface area contributed by atoms with Crippen LogP contribution in [0.3, 0.4) is 0 Å². The minimum atomic E-state index is -4.16. The molecule has 0 aliphatic carbocycles. The maximum Gasteiger partial charge on any atom is 0.401 e. The summed E-state index contributed by atoms with van der Waals surface area (Å²) in [5.41, 5.74) is 0. The highest BCUT2D eigenvalue weighted by Crippen LogP contribution is 2.16. The second-order valence-corrected chi connectivity index (χ2v) is 5.57. The molecule has 4 nitrogen and oxygen atoms in total. The molecule has 0 unspecified atom stereocenters. The Balaban J connectivity index is 0.00000400. The topological polar surface area (TPSA) is 44.4 Å². The fourth-order valence-electron chi connectivity index (χ4n) is 2.46. The second kappa shape index (κ2) is 9.48. The molecule has 126 valence electrons. The largest absolute Gasteiger partial charge is 0.401 e. The van der Waals surface area contributed by atoms with E-state index in [0.717, 1.165) is 19.4 Å². The van der Waals surface area contributed by atoms with Crippen molar-refractivity contribution in [3.05, 3.63) is 0 Å². The highest BCUT2D eigenvalue weighted by Gasteiger charge is 2.29. The summed E-state index contributed by atoms with van der Waals surface area (Å²) in [7, 11) is 1.43. The van der Waals surface area contributed by atoms with Crippen molar-refractivity contribution in [2.75, 3.05) is 33.2 Å². The lowest BCUT2D eigenvalue weighted by Gasteiger charge is -2.27. The Bertz CT molecular complexity index is 316. The number of halogens is 4. The van der Waals surface area contributed by atoms with Gasteiger partial charge in [-0.3, -0.25) is 9.69 Å². The van der Waals surface area contributed by atoms with E-state index in [2.05, 4.69) is 10.6 Å². The van der Waals surface area contributed by atoms with Crippen molar-refractivity contribution < 1.29 is 18.0 Å². The summed E-state index contributed by atoms with van der Waals surface area (Å²) in [6.07, 6.45) is -1.99. The average Bonchev–Trinajstić information content (AvgIpc) is 2.32. The standard InChI is InChI=1S/C13H24F3N3O.ClH/c1-10-8-11(4-6-17-10)12(20)18-5-3-7-19(2)9-13(14,15)16;/h10-11,17H,3-9H2,1-2H3,(H,18,20);1H/t10-,11-;/m0./s1. The van der Waals surface area contributed by atoms with Crippen LogP contribution in [0.5, 0.6) is 0 Å². The third-order valence-electron chi connectivity index (χ3n) is 3.46. The highest BCUT2D eigenvalue weighted by molar-refractivity contribution is 5.85. The fourth-order valence-corrected chi connectivity index (χ4v) is 2.46. The molecule has 1 fully saturated rings. The first-order valence-corrected chi connectivity index (χ1v) is 7.04. The summed E-state index contributed by atoms with van der Waals surface area (Å²) in [5.74, 6) is 0.0518. The molecule has 8 heteroatoms. The van der Waals surface area contributed by atoms with Crippen LogP contribution in [0.1, 0.15) is 26.2 Å². The van der Waals surface area contributed by atoms with Gasteiger partial charge in [0, 0.05) is 18.5 Å². The predicted octanol–water partition coefficient (Wildman–Crippen LogP) is 1.80. The quantitative estimate of drug-likeness (QED) is 0.729. The zero-order chi connectivity index (χ0) is 15.2. The van der Waals surface area contributed by atoms with Crippen LogP contribution in [0.25, 0.3) is 0 Å². The summed E-state index contributed by atoms with van der Waals surface area (Å²) in [5, 5.41) is 6.09. The molecule has 21 heavy (non-hydrogen) atoms.